The van der Waals surface area contributed by atoms with Crippen LogP contribution in [-0.2, 0) is 11.2 Å². The molecule has 0 radical (unpaired) electrons. The molecule has 1 unspecified atom stereocenters. The van der Waals surface area contributed by atoms with E-state index in [2.05, 4.69) is 20.5 Å². The van der Waals surface area contributed by atoms with E-state index in [-0.39, 0.29) is 16.8 Å². The number of amides is 1. The van der Waals surface area contributed by atoms with Crippen LogP contribution in [0.25, 0.3) is 0 Å². The van der Waals surface area contributed by atoms with Crippen molar-refractivity contribution in [2.75, 3.05) is 6.54 Å². The number of rotatable bonds is 7. The van der Waals surface area contributed by atoms with E-state index in [0.29, 0.717) is 19.4 Å². The van der Waals surface area contributed by atoms with Crippen molar-refractivity contribution in [2.45, 2.75) is 26.2 Å². The van der Waals surface area contributed by atoms with E-state index in [1.807, 2.05) is 6.92 Å². The number of aromatic amines is 1. The van der Waals surface area contributed by atoms with E-state index in [4.69, 9.17) is 18.0 Å². The summed E-state index contributed by atoms with van der Waals surface area (Å²) >= 11 is 4.88. The number of hydrogen-bond acceptors (Lipinski definition) is 4. The number of H-pyrrole nitrogens is 1. The maximum atomic E-state index is 11.8. The summed E-state index contributed by atoms with van der Waals surface area (Å²) in [4.78, 5) is 16.0. The average molecular weight is 255 g/mol. The highest BCUT2D eigenvalue weighted by Crippen LogP contribution is 2.06. The van der Waals surface area contributed by atoms with Gasteiger partial charge in [-0.3, -0.25) is 9.89 Å². The zero-order valence-corrected chi connectivity index (χ0v) is 10.6. The van der Waals surface area contributed by atoms with Crippen molar-refractivity contribution in [3.8, 4) is 0 Å². The van der Waals surface area contributed by atoms with Crippen molar-refractivity contribution in [2.24, 2.45) is 11.7 Å². The Bertz CT molecular complexity index is 365. The summed E-state index contributed by atoms with van der Waals surface area (Å²) in [6.07, 6.45) is 3.61. The molecular weight excluding hydrogens is 238 g/mol. The Kier molecular flexibility index (Phi) is 5.55. The minimum Gasteiger partial charge on any atom is -0.393 e. The number of nitrogens with two attached hydrogens (primary N) is 1. The van der Waals surface area contributed by atoms with Crippen LogP contribution in [0.2, 0.25) is 0 Å². The molecule has 4 N–H and O–H groups in total. The summed E-state index contributed by atoms with van der Waals surface area (Å²) in [5.41, 5.74) is 5.53. The van der Waals surface area contributed by atoms with Crippen molar-refractivity contribution in [3.05, 3.63) is 12.2 Å². The van der Waals surface area contributed by atoms with Crippen molar-refractivity contribution in [1.82, 2.24) is 20.5 Å². The van der Waals surface area contributed by atoms with Crippen molar-refractivity contribution < 1.29 is 4.79 Å². The maximum Gasteiger partial charge on any atom is 0.229 e. The minimum absolute atomic E-state index is 0.112. The molecule has 1 heterocycles. The van der Waals surface area contributed by atoms with E-state index in [1.54, 1.807) is 0 Å². The standard InChI is InChI=1S/C10H17N5OS/c1-2-3-7(9(11)17)10(16)12-5-4-8-13-6-14-15-8/h6-7H,2-5H2,1H3,(H2,11,17)(H,12,16)(H,13,14,15). The van der Waals surface area contributed by atoms with Crippen LogP contribution in [0, 0.1) is 5.92 Å². The van der Waals surface area contributed by atoms with Crippen molar-refractivity contribution in [3.63, 3.8) is 0 Å². The highest BCUT2D eigenvalue weighted by Gasteiger charge is 2.19. The minimum atomic E-state index is -0.371. The van der Waals surface area contributed by atoms with Gasteiger partial charge < -0.3 is 11.1 Å². The third kappa shape index (κ3) is 4.48. The summed E-state index contributed by atoms with van der Waals surface area (Å²) in [5, 5.41) is 9.24. The van der Waals surface area contributed by atoms with Crippen molar-refractivity contribution in [1.29, 1.82) is 0 Å². The molecule has 7 heteroatoms. The summed E-state index contributed by atoms with van der Waals surface area (Å²) in [5.74, 6) is 0.260. The molecular formula is C10H17N5OS. The van der Waals surface area contributed by atoms with Gasteiger partial charge in [0.2, 0.25) is 5.91 Å². The number of hydrogen-bond donors (Lipinski definition) is 3. The van der Waals surface area contributed by atoms with Crippen LogP contribution in [0.4, 0.5) is 0 Å². The zero-order chi connectivity index (χ0) is 12.7. The van der Waals surface area contributed by atoms with Crippen LogP contribution in [-0.4, -0.2) is 32.6 Å². The van der Waals surface area contributed by atoms with E-state index in [0.717, 1.165) is 12.2 Å². The van der Waals surface area contributed by atoms with E-state index in [9.17, 15) is 4.79 Å². The predicted octanol–water partition coefficient (Wildman–Crippen LogP) is 0.166. The molecule has 94 valence electrons. The quantitative estimate of drug-likeness (QED) is 0.603. The zero-order valence-electron chi connectivity index (χ0n) is 9.77. The first-order chi connectivity index (χ1) is 8.15. The Morgan fingerprint density at radius 1 is 1.71 bits per heavy atom. The number of aromatic nitrogens is 3. The molecule has 6 nitrogen and oxygen atoms in total. The number of nitrogens with one attached hydrogen (secondary N) is 2. The van der Waals surface area contributed by atoms with Crippen LogP contribution >= 0.6 is 12.2 Å². The summed E-state index contributed by atoms with van der Waals surface area (Å²) in [6.45, 7) is 2.49. The SMILES string of the molecule is CCCC(C(=O)NCCc1ncn[nH]1)C(N)=S. The molecule has 0 bridgehead atoms. The molecule has 17 heavy (non-hydrogen) atoms. The Hall–Kier alpha value is -1.50. The summed E-state index contributed by atoms with van der Waals surface area (Å²) in [7, 11) is 0. The second kappa shape index (κ2) is 6.95. The number of thiocarbonyl (C=S) groups is 1. The van der Waals surface area contributed by atoms with Gasteiger partial charge in [-0.1, -0.05) is 25.6 Å². The summed E-state index contributed by atoms with van der Waals surface area (Å²) in [6, 6.07) is 0. The van der Waals surface area contributed by atoms with Gasteiger partial charge in [0.15, 0.2) is 0 Å². The van der Waals surface area contributed by atoms with Crippen LogP contribution in [0.3, 0.4) is 0 Å². The molecule has 0 aromatic carbocycles. The Labute approximate surface area is 105 Å². The summed E-state index contributed by atoms with van der Waals surface area (Å²) < 4.78 is 0. The third-order valence-electron chi connectivity index (χ3n) is 2.36. The highest BCUT2D eigenvalue weighted by atomic mass is 32.1. The molecule has 0 aliphatic carbocycles. The lowest BCUT2D eigenvalue weighted by Gasteiger charge is -2.14. The van der Waals surface area contributed by atoms with Gasteiger partial charge in [0.1, 0.15) is 12.2 Å². The number of nitrogens with zero attached hydrogens (tertiary/aromatic N) is 2. The molecule has 1 atom stereocenters. The van der Waals surface area contributed by atoms with E-state index < -0.39 is 0 Å². The lowest BCUT2D eigenvalue weighted by atomic mass is 10.0. The lowest BCUT2D eigenvalue weighted by Crippen LogP contribution is -2.38. The fourth-order valence-corrected chi connectivity index (χ4v) is 1.69. The van der Waals surface area contributed by atoms with E-state index in [1.165, 1.54) is 6.33 Å². The fraction of sp³-hybridized carbons (Fsp3) is 0.600. The predicted molar refractivity (Wildman–Crippen MR) is 68.3 cm³/mol. The topological polar surface area (TPSA) is 96.7 Å². The first-order valence-corrected chi connectivity index (χ1v) is 5.97. The number of carbonyl (C=O) groups excluding carboxylic acids is 1. The van der Waals surface area contributed by atoms with Gasteiger partial charge in [-0.25, -0.2) is 4.98 Å². The van der Waals surface area contributed by atoms with Gasteiger partial charge in [0.25, 0.3) is 0 Å². The molecule has 0 aliphatic heterocycles. The van der Waals surface area contributed by atoms with Gasteiger partial charge in [-0.15, -0.1) is 0 Å². The molecule has 1 amide bonds. The molecule has 1 aromatic heterocycles. The molecule has 1 rings (SSSR count). The molecule has 0 aliphatic rings. The first kappa shape index (κ1) is 13.6. The monoisotopic (exact) mass is 255 g/mol. The smallest absolute Gasteiger partial charge is 0.229 e. The van der Waals surface area contributed by atoms with Gasteiger partial charge in [0.05, 0.1) is 10.9 Å². The normalized spacial score (nSPS) is 12.1. The first-order valence-electron chi connectivity index (χ1n) is 5.56. The van der Waals surface area contributed by atoms with Crippen LogP contribution in [0.15, 0.2) is 6.33 Å². The number of carbonyl (C=O) groups is 1. The average Bonchev–Trinajstić information content (AvgIpc) is 2.78. The van der Waals surface area contributed by atoms with Crippen LogP contribution in [0.1, 0.15) is 25.6 Å². The molecule has 0 saturated carbocycles. The van der Waals surface area contributed by atoms with Gasteiger partial charge in [0, 0.05) is 13.0 Å². The second-order valence-electron chi connectivity index (χ2n) is 3.72. The van der Waals surface area contributed by atoms with Gasteiger partial charge in [-0.2, -0.15) is 5.10 Å². The molecule has 0 saturated heterocycles. The van der Waals surface area contributed by atoms with Gasteiger partial charge in [-0.05, 0) is 6.42 Å². The Morgan fingerprint density at radius 2 is 2.47 bits per heavy atom. The van der Waals surface area contributed by atoms with Crippen molar-refractivity contribution >= 4 is 23.1 Å². The Balaban J connectivity index is 2.34. The lowest BCUT2D eigenvalue weighted by molar-refractivity contribution is -0.123. The molecule has 1 aromatic rings. The second-order valence-corrected chi connectivity index (χ2v) is 4.19. The molecule has 0 spiro atoms. The third-order valence-corrected chi connectivity index (χ3v) is 2.65. The fourth-order valence-electron chi connectivity index (χ4n) is 1.47. The maximum absolute atomic E-state index is 11.8. The Morgan fingerprint density at radius 3 is 3.00 bits per heavy atom. The van der Waals surface area contributed by atoms with Gasteiger partial charge >= 0.3 is 0 Å². The van der Waals surface area contributed by atoms with Crippen LogP contribution in [0.5, 0.6) is 0 Å². The molecule has 0 fully saturated rings. The van der Waals surface area contributed by atoms with E-state index >= 15 is 0 Å². The van der Waals surface area contributed by atoms with Crippen LogP contribution < -0.4 is 11.1 Å². The largest absolute Gasteiger partial charge is 0.393 e. The highest BCUT2D eigenvalue weighted by molar-refractivity contribution is 7.80.